The minimum Gasteiger partial charge on any atom is -0.343 e. The predicted molar refractivity (Wildman–Crippen MR) is 79.4 cm³/mol. The molecule has 1 aliphatic rings. The monoisotopic (exact) mass is 288 g/mol. The van der Waals surface area contributed by atoms with Crippen molar-refractivity contribution in [2.75, 3.05) is 0 Å². The standard InChI is InChI=1S/C15H16N2O2S/c1-9-15(19)17(10(2)14(18)16-9)7-11-8-20-13-6-4-3-5-12(11)13/h3-6,8-10H,7H2,1-2H3,(H,16,18). The molecule has 0 saturated carbocycles. The zero-order valence-electron chi connectivity index (χ0n) is 11.4. The first kappa shape index (κ1) is 13.1. The maximum atomic E-state index is 12.3. The lowest BCUT2D eigenvalue weighted by Gasteiger charge is -2.36. The summed E-state index contributed by atoms with van der Waals surface area (Å²) in [6.45, 7) is 3.99. The van der Waals surface area contributed by atoms with E-state index in [4.69, 9.17) is 0 Å². The summed E-state index contributed by atoms with van der Waals surface area (Å²) in [6, 6.07) is 7.27. The minimum absolute atomic E-state index is 0.0209. The van der Waals surface area contributed by atoms with E-state index in [9.17, 15) is 9.59 Å². The first-order valence-electron chi connectivity index (χ1n) is 6.64. The van der Waals surface area contributed by atoms with E-state index in [2.05, 4.69) is 22.8 Å². The molecule has 0 spiro atoms. The first-order chi connectivity index (χ1) is 9.58. The van der Waals surface area contributed by atoms with E-state index in [1.54, 1.807) is 30.1 Å². The van der Waals surface area contributed by atoms with Crippen LogP contribution in [0.4, 0.5) is 0 Å². The Balaban J connectivity index is 1.93. The lowest BCUT2D eigenvalue weighted by Crippen LogP contribution is -2.60. The molecule has 3 rings (SSSR count). The summed E-state index contributed by atoms with van der Waals surface area (Å²) in [5.74, 6) is -0.107. The fourth-order valence-corrected chi connectivity index (χ4v) is 3.48. The highest BCUT2D eigenvalue weighted by Crippen LogP contribution is 2.27. The molecule has 4 nitrogen and oxygen atoms in total. The molecule has 104 valence electrons. The fourth-order valence-electron chi connectivity index (χ4n) is 2.53. The number of hydrogen-bond donors (Lipinski definition) is 1. The molecular formula is C15H16N2O2S. The van der Waals surface area contributed by atoms with Gasteiger partial charge in [0.25, 0.3) is 0 Å². The van der Waals surface area contributed by atoms with Crippen LogP contribution >= 0.6 is 11.3 Å². The molecule has 0 aliphatic carbocycles. The second-order valence-electron chi connectivity index (χ2n) is 5.13. The predicted octanol–water partition coefficient (Wildman–Crippen LogP) is 2.14. The van der Waals surface area contributed by atoms with Crippen molar-refractivity contribution < 1.29 is 9.59 Å². The quantitative estimate of drug-likeness (QED) is 0.920. The van der Waals surface area contributed by atoms with Crippen molar-refractivity contribution in [1.29, 1.82) is 0 Å². The van der Waals surface area contributed by atoms with Crippen LogP contribution in [-0.4, -0.2) is 28.8 Å². The second kappa shape index (κ2) is 4.90. The SMILES string of the molecule is CC1NC(=O)C(C)N(Cc2csc3ccccc23)C1=O. The number of carbonyl (C=O) groups excluding carboxylic acids is 2. The molecule has 1 aliphatic heterocycles. The lowest BCUT2D eigenvalue weighted by molar-refractivity contribution is -0.148. The summed E-state index contributed by atoms with van der Waals surface area (Å²) < 4.78 is 1.21. The first-order valence-corrected chi connectivity index (χ1v) is 7.52. The molecule has 1 saturated heterocycles. The van der Waals surface area contributed by atoms with Crippen molar-refractivity contribution in [3.63, 3.8) is 0 Å². The molecule has 0 bridgehead atoms. The van der Waals surface area contributed by atoms with Crippen LogP contribution < -0.4 is 5.32 Å². The lowest BCUT2D eigenvalue weighted by atomic mass is 10.1. The van der Waals surface area contributed by atoms with Gasteiger partial charge in [-0.05, 0) is 36.2 Å². The zero-order valence-corrected chi connectivity index (χ0v) is 12.2. The number of rotatable bonds is 2. The number of nitrogens with zero attached hydrogens (tertiary/aromatic N) is 1. The molecule has 1 N–H and O–H groups in total. The minimum atomic E-state index is -0.441. The number of fused-ring (bicyclic) bond motifs is 1. The maximum Gasteiger partial charge on any atom is 0.245 e. The molecule has 2 atom stereocenters. The van der Waals surface area contributed by atoms with Crippen molar-refractivity contribution in [3.05, 3.63) is 35.2 Å². The van der Waals surface area contributed by atoms with Gasteiger partial charge in [-0.25, -0.2) is 0 Å². The van der Waals surface area contributed by atoms with Gasteiger partial charge in [0.1, 0.15) is 12.1 Å². The third kappa shape index (κ3) is 2.08. The van der Waals surface area contributed by atoms with E-state index >= 15 is 0 Å². The van der Waals surface area contributed by atoms with Crippen molar-refractivity contribution in [2.45, 2.75) is 32.5 Å². The Morgan fingerprint density at radius 2 is 2.00 bits per heavy atom. The van der Waals surface area contributed by atoms with Crippen molar-refractivity contribution in [3.8, 4) is 0 Å². The van der Waals surface area contributed by atoms with E-state index in [-0.39, 0.29) is 11.8 Å². The molecule has 1 aromatic heterocycles. The number of benzene rings is 1. The van der Waals surface area contributed by atoms with Crippen LogP contribution in [0.3, 0.4) is 0 Å². The molecule has 2 unspecified atom stereocenters. The average molecular weight is 288 g/mol. The number of thiophene rings is 1. The van der Waals surface area contributed by atoms with E-state index in [0.717, 1.165) is 10.9 Å². The highest BCUT2D eigenvalue weighted by Gasteiger charge is 2.35. The van der Waals surface area contributed by atoms with Crippen molar-refractivity contribution >= 4 is 33.2 Å². The van der Waals surface area contributed by atoms with Crippen LogP contribution in [-0.2, 0) is 16.1 Å². The second-order valence-corrected chi connectivity index (χ2v) is 6.04. The normalized spacial score (nSPS) is 23.2. The summed E-state index contributed by atoms with van der Waals surface area (Å²) in [5.41, 5.74) is 1.10. The largest absolute Gasteiger partial charge is 0.343 e. The molecule has 20 heavy (non-hydrogen) atoms. The van der Waals surface area contributed by atoms with Gasteiger partial charge in [0.05, 0.1) is 0 Å². The Bertz CT molecular complexity index is 679. The van der Waals surface area contributed by atoms with Gasteiger partial charge >= 0.3 is 0 Å². The number of hydrogen-bond acceptors (Lipinski definition) is 3. The van der Waals surface area contributed by atoms with E-state index in [0.29, 0.717) is 6.54 Å². The number of piperazine rings is 1. The number of carbonyl (C=O) groups is 2. The van der Waals surface area contributed by atoms with Gasteiger partial charge in [0.2, 0.25) is 11.8 Å². The summed E-state index contributed by atoms with van der Waals surface area (Å²) in [6.07, 6.45) is 0. The average Bonchev–Trinajstić information content (AvgIpc) is 2.85. The van der Waals surface area contributed by atoms with Gasteiger partial charge in [-0.2, -0.15) is 0 Å². The zero-order chi connectivity index (χ0) is 14.3. The van der Waals surface area contributed by atoms with Gasteiger partial charge in [-0.1, -0.05) is 18.2 Å². The highest BCUT2D eigenvalue weighted by molar-refractivity contribution is 7.17. The fraction of sp³-hybridized carbons (Fsp3) is 0.333. The molecular weight excluding hydrogens is 272 g/mol. The van der Waals surface area contributed by atoms with Gasteiger partial charge in [0.15, 0.2) is 0 Å². The van der Waals surface area contributed by atoms with E-state index < -0.39 is 12.1 Å². The molecule has 2 amide bonds. The smallest absolute Gasteiger partial charge is 0.245 e. The Kier molecular flexibility index (Phi) is 3.22. The third-order valence-corrected chi connectivity index (χ3v) is 4.77. The van der Waals surface area contributed by atoms with Gasteiger partial charge in [0, 0.05) is 11.2 Å². The maximum absolute atomic E-state index is 12.3. The summed E-state index contributed by atoms with van der Waals surface area (Å²) in [7, 11) is 0. The number of amides is 2. The summed E-state index contributed by atoms with van der Waals surface area (Å²) in [4.78, 5) is 25.8. The van der Waals surface area contributed by atoms with Crippen LogP contribution in [0.5, 0.6) is 0 Å². The highest BCUT2D eigenvalue weighted by atomic mass is 32.1. The topological polar surface area (TPSA) is 49.4 Å². The van der Waals surface area contributed by atoms with Crippen LogP contribution in [0.15, 0.2) is 29.6 Å². The molecule has 1 aromatic carbocycles. The molecule has 5 heteroatoms. The summed E-state index contributed by atoms with van der Waals surface area (Å²) >= 11 is 1.67. The number of nitrogens with one attached hydrogen (secondary N) is 1. The van der Waals surface area contributed by atoms with Crippen LogP contribution in [0, 0.1) is 0 Å². The molecule has 2 aromatic rings. The van der Waals surface area contributed by atoms with E-state index in [1.807, 2.05) is 12.1 Å². The van der Waals surface area contributed by atoms with Gasteiger partial charge < -0.3 is 10.2 Å². The van der Waals surface area contributed by atoms with Gasteiger partial charge in [-0.3, -0.25) is 9.59 Å². The molecule has 2 heterocycles. The van der Waals surface area contributed by atoms with Gasteiger partial charge in [-0.15, -0.1) is 11.3 Å². The Morgan fingerprint density at radius 3 is 2.80 bits per heavy atom. The Labute approximate surface area is 121 Å². The Hall–Kier alpha value is -1.88. The molecule has 1 fully saturated rings. The summed E-state index contributed by atoms with van der Waals surface area (Å²) in [5, 5.41) is 5.93. The van der Waals surface area contributed by atoms with Crippen LogP contribution in [0.1, 0.15) is 19.4 Å². The van der Waals surface area contributed by atoms with E-state index in [1.165, 1.54) is 4.70 Å². The van der Waals surface area contributed by atoms with Crippen LogP contribution in [0.2, 0.25) is 0 Å². The van der Waals surface area contributed by atoms with Crippen molar-refractivity contribution in [2.24, 2.45) is 0 Å². The van der Waals surface area contributed by atoms with Crippen molar-refractivity contribution in [1.82, 2.24) is 10.2 Å². The Morgan fingerprint density at radius 1 is 1.25 bits per heavy atom. The van der Waals surface area contributed by atoms with Crippen LogP contribution in [0.25, 0.3) is 10.1 Å². The molecule has 0 radical (unpaired) electrons. The third-order valence-electron chi connectivity index (χ3n) is 3.76.